The Kier molecular flexibility index (Phi) is 5.51. The zero-order chi connectivity index (χ0) is 17.7. The number of nitrogens with zero attached hydrogens (tertiary/aromatic N) is 1. The summed E-state index contributed by atoms with van der Waals surface area (Å²) in [4.78, 5) is 15.6. The molecule has 0 aliphatic heterocycles. The van der Waals surface area contributed by atoms with E-state index in [1.54, 1.807) is 51.1 Å². The van der Waals surface area contributed by atoms with Crippen LogP contribution in [-0.4, -0.2) is 28.4 Å². The second kappa shape index (κ2) is 7.40. The fourth-order valence-electron chi connectivity index (χ4n) is 2.19. The van der Waals surface area contributed by atoms with Gasteiger partial charge in [-0.05, 0) is 38.0 Å². The largest absolute Gasteiger partial charge is 0.444 e. The van der Waals surface area contributed by atoms with Crippen molar-refractivity contribution in [1.29, 1.82) is 0 Å². The lowest BCUT2D eigenvalue weighted by atomic mass is 10.0. The van der Waals surface area contributed by atoms with E-state index in [0.717, 1.165) is 6.20 Å². The molecule has 5 nitrogen and oxygen atoms in total. The van der Waals surface area contributed by atoms with E-state index in [-0.39, 0.29) is 6.61 Å². The lowest BCUT2D eigenvalue weighted by molar-refractivity contribution is 0.0482. The Morgan fingerprint density at radius 2 is 1.96 bits per heavy atom. The number of carbonyl (C=O) groups excluding carboxylic acids is 1. The maximum Gasteiger partial charge on any atom is 0.408 e. The van der Waals surface area contributed by atoms with Crippen LogP contribution < -0.4 is 5.32 Å². The van der Waals surface area contributed by atoms with Crippen molar-refractivity contribution in [1.82, 2.24) is 10.3 Å². The van der Waals surface area contributed by atoms with Gasteiger partial charge in [-0.25, -0.2) is 9.18 Å². The molecule has 0 spiro atoms. The standard InChI is InChI=1S/C18H21FN2O3/c1-18(2,3)24-17(23)21-16(11-22)13-6-4-12(5-7-13)14-8-9-20-10-15(14)19/h4-10,16,22H,11H2,1-3H3,(H,21,23)/t16-/m0/s1. The number of carbonyl (C=O) groups is 1. The predicted molar refractivity (Wildman–Crippen MR) is 88.8 cm³/mol. The third-order valence-electron chi connectivity index (χ3n) is 3.27. The minimum absolute atomic E-state index is 0.276. The summed E-state index contributed by atoms with van der Waals surface area (Å²) in [7, 11) is 0. The number of aliphatic hydroxyl groups is 1. The van der Waals surface area contributed by atoms with E-state index >= 15 is 0 Å². The number of hydrogen-bond acceptors (Lipinski definition) is 4. The van der Waals surface area contributed by atoms with E-state index in [1.165, 1.54) is 6.20 Å². The Hall–Kier alpha value is -2.47. The summed E-state index contributed by atoms with van der Waals surface area (Å²) < 4.78 is 18.9. The minimum atomic E-state index is -0.618. The highest BCUT2D eigenvalue weighted by molar-refractivity contribution is 5.69. The summed E-state index contributed by atoms with van der Waals surface area (Å²) >= 11 is 0. The first kappa shape index (κ1) is 17.9. The smallest absolute Gasteiger partial charge is 0.408 e. The highest BCUT2D eigenvalue weighted by atomic mass is 19.1. The molecule has 24 heavy (non-hydrogen) atoms. The minimum Gasteiger partial charge on any atom is -0.444 e. The summed E-state index contributed by atoms with van der Waals surface area (Å²) in [5.41, 5.74) is 1.21. The molecule has 2 aromatic rings. The van der Waals surface area contributed by atoms with Gasteiger partial charge in [0.25, 0.3) is 0 Å². The first-order valence-corrected chi connectivity index (χ1v) is 7.60. The SMILES string of the molecule is CC(C)(C)OC(=O)N[C@@H](CO)c1ccc(-c2ccncc2F)cc1. The first-order valence-electron chi connectivity index (χ1n) is 7.60. The van der Waals surface area contributed by atoms with Crippen molar-refractivity contribution < 1.29 is 19.0 Å². The molecule has 0 saturated carbocycles. The van der Waals surface area contributed by atoms with Crippen molar-refractivity contribution in [3.05, 3.63) is 54.1 Å². The van der Waals surface area contributed by atoms with Crippen LogP contribution in [0, 0.1) is 5.82 Å². The highest BCUT2D eigenvalue weighted by Crippen LogP contribution is 2.24. The van der Waals surface area contributed by atoms with Gasteiger partial charge in [-0.15, -0.1) is 0 Å². The third kappa shape index (κ3) is 4.76. The van der Waals surface area contributed by atoms with E-state index in [4.69, 9.17) is 4.74 Å². The van der Waals surface area contributed by atoms with Gasteiger partial charge in [-0.1, -0.05) is 24.3 Å². The number of pyridine rings is 1. The Bertz CT molecular complexity index is 696. The number of amides is 1. The van der Waals surface area contributed by atoms with Gasteiger partial charge >= 0.3 is 6.09 Å². The van der Waals surface area contributed by atoms with Crippen molar-refractivity contribution >= 4 is 6.09 Å². The molecular formula is C18H21FN2O3. The Balaban J connectivity index is 2.13. The average molecular weight is 332 g/mol. The molecule has 1 heterocycles. The molecule has 0 aliphatic rings. The fraction of sp³-hybridized carbons (Fsp3) is 0.333. The van der Waals surface area contributed by atoms with Crippen molar-refractivity contribution in [3.63, 3.8) is 0 Å². The van der Waals surface area contributed by atoms with Gasteiger partial charge in [0.05, 0.1) is 18.8 Å². The summed E-state index contributed by atoms with van der Waals surface area (Å²) in [5, 5.41) is 12.1. The van der Waals surface area contributed by atoms with Gasteiger partial charge in [0.1, 0.15) is 11.4 Å². The molecule has 1 aromatic heterocycles. The van der Waals surface area contributed by atoms with Crippen LogP contribution in [0.25, 0.3) is 11.1 Å². The van der Waals surface area contributed by atoms with Crippen molar-refractivity contribution in [2.45, 2.75) is 32.4 Å². The number of alkyl carbamates (subject to hydrolysis) is 1. The topological polar surface area (TPSA) is 71.5 Å². The van der Waals surface area contributed by atoms with Crippen LogP contribution in [-0.2, 0) is 4.74 Å². The molecule has 0 bridgehead atoms. The number of aromatic nitrogens is 1. The zero-order valence-corrected chi connectivity index (χ0v) is 13.9. The van der Waals surface area contributed by atoms with Crippen LogP contribution in [0.5, 0.6) is 0 Å². The molecule has 0 saturated heterocycles. The molecule has 1 amide bonds. The highest BCUT2D eigenvalue weighted by Gasteiger charge is 2.20. The second-order valence-corrected chi connectivity index (χ2v) is 6.36. The summed E-state index contributed by atoms with van der Waals surface area (Å²) in [6.45, 7) is 5.01. The van der Waals surface area contributed by atoms with Crippen LogP contribution in [0.15, 0.2) is 42.7 Å². The number of nitrogens with one attached hydrogen (secondary N) is 1. The molecule has 0 aliphatic carbocycles. The summed E-state index contributed by atoms with van der Waals surface area (Å²) in [6, 6.07) is 7.91. The molecule has 2 N–H and O–H groups in total. The monoisotopic (exact) mass is 332 g/mol. The maximum absolute atomic E-state index is 13.8. The molecule has 0 fully saturated rings. The predicted octanol–water partition coefficient (Wildman–Crippen LogP) is 3.45. The first-order chi connectivity index (χ1) is 11.3. The van der Waals surface area contributed by atoms with Crippen LogP contribution in [0.4, 0.5) is 9.18 Å². The Morgan fingerprint density at radius 1 is 1.29 bits per heavy atom. The van der Waals surface area contributed by atoms with Gasteiger partial charge in [-0.2, -0.15) is 0 Å². The Labute approximate surface area is 140 Å². The average Bonchev–Trinajstić information content (AvgIpc) is 2.52. The van der Waals surface area contributed by atoms with E-state index in [1.807, 2.05) is 0 Å². The molecule has 2 rings (SSSR count). The van der Waals surface area contributed by atoms with Gasteiger partial charge in [0, 0.05) is 11.8 Å². The van der Waals surface area contributed by atoms with Crippen LogP contribution in [0.1, 0.15) is 32.4 Å². The van der Waals surface area contributed by atoms with Crippen LogP contribution >= 0.6 is 0 Å². The maximum atomic E-state index is 13.8. The molecular weight excluding hydrogens is 311 g/mol. The fourth-order valence-corrected chi connectivity index (χ4v) is 2.19. The van der Waals surface area contributed by atoms with Crippen molar-refractivity contribution in [2.75, 3.05) is 6.61 Å². The molecule has 0 radical (unpaired) electrons. The summed E-state index contributed by atoms with van der Waals surface area (Å²) in [5.74, 6) is -0.407. The third-order valence-corrected chi connectivity index (χ3v) is 3.27. The van der Waals surface area contributed by atoms with Crippen molar-refractivity contribution in [2.24, 2.45) is 0 Å². The number of ether oxygens (including phenoxy) is 1. The number of benzene rings is 1. The van der Waals surface area contributed by atoms with Crippen molar-refractivity contribution in [3.8, 4) is 11.1 Å². The zero-order valence-electron chi connectivity index (χ0n) is 13.9. The normalized spacial score (nSPS) is 12.5. The quantitative estimate of drug-likeness (QED) is 0.899. The molecule has 0 unspecified atom stereocenters. The lowest BCUT2D eigenvalue weighted by Gasteiger charge is -2.23. The van der Waals surface area contributed by atoms with E-state index < -0.39 is 23.6 Å². The Morgan fingerprint density at radius 3 is 2.50 bits per heavy atom. The summed E-state index contributed by atoms with van der Waals surface area (Å²) in [6.07, 6.45) is 2.07. The van der Waals surface area contributed by atoms with Gasteiger partial charge < -0.3 is 15.2 Å². The van der Waals surface area contributed by atoms with Gasteiger partial charge in [-0.3, -0.25) is 4.98 Å². The molecule has 1 atom stereocenters. The molecule has 128 valence electrons. The van der Waals surface area contributed by atoms with Crippen LogP contribution in [0.2, 0.25) is 0 Å². The van der Waals surface area contributed by atoms with Gasteiger partial charge in [0.2, 0.25) is 0 Å². The van der Waals surface area contributed by atoms with Gasteiger partial charge in [0.15, 0.2) is 0 Å². The number of hydrogen-bond donors (Lipinski definition) is 2. The second-order valence-electron chi connectivity index (χ2n) is 6.36. The molecule has 6 heteroatoms. The number of rotatable bonds is 4. The number of aliphatic hydroxyl groups excluding tert-OH is 1. The van der Waals surface area contributed by atoms with Crippen LogP contribution in [0.3, 0.4) is 0 Å². The molecule has 1 aromatic carbocycles. The van der Waals surface area contributed by atoms with E-state index in [9.17, 15) is 14.3 Å². The lowest BCUT2D eigenvalue weighted by Crippen LogP contribution is -2.36. The van der Waals surface area contributed by atoms with E-state index in [0.29, 0.717) is 16.7 Å². The number of halogens is 1. The van der Waals surface area contributed by atoms with E-state index in [2.05, 4.69) is 10.3 Å².